The van der Waals surface area contributed by atoms with Crippen molar-refractivity contribution in [1.82, 2.24) is 19.3 Å². The van der Waals surface area contributed by atoms with Crippen molar-refractivity contribution in [3.8, 4) is 5.75 Å². The van der Waals surface area contributed by atoms with E-state index in [0.717, 1.165) is 24.0 Å². The highest BCUT2D eigenvalue weighted by atomic mass is 16.5. The highest BCUT2D eigenvalue weighted by Gasteiger charge is 2.16. The van der Waals surface area contributed by atoms with Crippen LogP contribution in [0.4, 0.5) is 5.95 Å². The van der Waals surface area contributed by atoms with E-state index < -0.39 is 5.91 Å². The van der Waals surface area contributed by atoms with Gasteiger partial charge in [-0.15, -0.1) is 0 Å². The topological polar surface area (TPSA) is 91.0 Å². The first-order valence-electron chi connectivity index (χ1n) is 10.2. The number of carbonyl (C=O) groups is 1. The molecule has 0 fully saturated rings. The molecule has 0 spiro atoms. The molecular formula is C23H23N5O3. The van der Waals surface area contributed by atoms with E-state index in [1.165, 1.54) is 16.8 Å². The Balaban J connectivity index is 1.50. The molecule has 2 heterocycles. The molecule has 158 valence electrons. The third kappa shape index (κ3) is 4.63. The lowest BCUT2D eigenvalue weighted by molar-refractivity contribution is 0.101. The number of anilines is 1. The van der Waals surface area contributed by atoms with Gasteiger partial charge in [-0.1, -0.05) is 37.3 Å². The number of ether oxygens (including phenoxy) is 1. The third-order valence-corrected chi connectivity index (χ3v) is 4.74. The number of amides is 1. The Hall–Kier alpha value is -3.94. The molecule has 0 saturated heterocycles. The first kappa shape index (κ1) is 20.3. The van der Waals surface area contributed by atoms with Crippen LogP contribution in [0.3, 0.4) is 0 Å². The molecule has 0 saturated carbocycles. The number of nitrogens with zero attached hydrogens (tertiary/aromatic N) is 4. The fourth-order valence-corrected chi connectivity index (χ4v) is 3.28. The number of para-hydroxylation sites is 3. The van der Waals surface area contributed by atoms with E-state index in [9.17, 15) is 9.59 Å². The maximum atomic E-state index is 12.8. The third-order valence-electron chi connectivity index (χ3n) is 4.74. The van der Waals surface area contributed by atoms with Gasteiger partial charge in [0.15, 0.2) is 0 Å². The number of fused-ring (bicyclic) bond motifs is 1. The maximum Gasteiger partial charge on any atom is 0.278 e. The van der Waals surface area contributed by atoms with Gasteiger partial charge in [-0.3, -0.25) is 14.9 Å². The van der Waals surface area contributed by atoms with Crippen LogP contribution in [0.2, 0.25) is 0 Å². The Morgan fingerprint density at radius 3 is 2.58 bits per heavy atom. The summed E-state index contributed by atoms with van der Waals surface area (Å²) in [5, 5.41) is 7.04. The van der Waals surface area contributed by atoms with Crippen molar-refractivity contribution in [1.29, 1.82) is 0 Å². The fraction of sp³-hybridized carbons (Fsp3) is 0.217. The van der Waals surface area contributed by atoms with Gasteiger partial charge in [0.2, 0.25) is 5.95 Å². The minimum absolute atomic E-state index is 0.134. The van der Waals surface area contributed by atoms with Crippen molar-refractivity contribution < 1.29 is 9.53 Å². The molecule has 0 atom stereocenters. The second-order valence-electron chi connectivity index (χ2n) is 6.97. The van der Waals surface area contributed by atoms with Crippen LogP contribution in [-0.2, 0) is 13.1 Å². The van der Waals surface area contributed by atoms with Crippen LogP contribution in [0.25, 0.3) is 11.0 Å². The van der Waals surface area contributed by atoms with Crippen LogP contribution in [-0.4, -0.2) is 31.8 Å². The van der Waals surface area contributed by atoms with Crippen LogP contribution in [0.15, 0.2) is 71.5 Å². The van der Waals surface area contributed by atoms with Crippen molar-refractivity contribution >= 4 is 22.9 Å². The molecule has 8 heteroatoms. The van der Waals surface area contributed by atoms with E-state index in [1.807, 2.05) is 59.2 Å². The maximum absolute atomic E-state index is 12.8. The quantitative estimate of drug-likeness (QED) is 0.475. The number of nitrogens with one attached hydrogen (secondary N) is 1. The number of rotatable bonds is 8. The van der Waals surface area contributed by atoms with Crippen molar-refractivity contribution in [3.63, 3.8) is 0 Å². The smallest absolute Gasteiger partial charge is 0.278 e. The van der Waals surface area contributed by atoms with E-state index in [2.05, 4.69) is 22.3 Å². The molecule has 0 radical (unpaired) electrons. The predicted octanol–water partition coefficient (Wildman–Crippen LogP) is 3.33. The summed E-state index contributed by atoms with van der Waals surface area (Å²) in [6.45, 7) is 3.27. The van der Waals surface area contributed by atoms with E-state index in [0.29, 0.717) is 11.7 Å². The molecule has 2 aromatic carbocycles. The monoisotopic (exact) mass is 417 g/mol. The molecule has 31 heavy (non-hydrogen) atoms. The molecule has 2 aromatic heterocycles. The van der Waals surface area contributed by atoms with Crippen LogP contribution in [0.1, 0.15) is 23.8 Å². The SMILES string of the molecule is CCCn1c(NC(=O)c2ccc(=O)n(CCOc3ccccc3)n2)nc2ccccc21. The Kier molecular flexibility index (Phi) is 6.07. The van der Waals surface area contributed by atoms with Gasteiger partial charge < -0.3 is 9.30 Å². The van der Waals surface area contributed by atoms with Crippen LogP contribution in [0, 0.1) is 0 Å². The minimum Gasteiger partial charge on any atom is -0.492 e. The number of imidazole rings is 1. The lowest BCUT2D eigenvalue weighted by atomic mass is 10.3. The molecule has 4 aromatic rings. The lowest BCUT2D eigenvalue weighted by Crippen LogP contribution is -2.28. The summed E-state index contributed by atoms with van der Waals surface area (Å²) in [5.74, 6) is 0.740. The average molecular weight is 417 g/mol. The zero-order valence-corrected chi connectivity index (χ0v) is 17.2. The van der Waals surface area contributed by atoms with Crippen LogP contribution < -0.4 is 15.6 Å². The van der Waals surface area contributed by atoms with Gasteiger partial charge in [-0.05, 0) is 36.8 Å². The molecule has 0 unspecified atom stereocenters. The first-order chi connectivity index (χ1) is 15.2. The van der Waals surface area contributed by atoms with Crippen molar-refractivity contribution in [2.75, 3.05) is 11.9 Å². The van der Waals surface area contributed by atoms with Gasteiger partial charge in [0.05, 0.1) is 17.6 Å². The Labute approximate surface area is 179 Å². The molecule has 8 nitrogen and oxygen atoms in total. The Bertz CT molecular complexity index is 1250. The fourth-order valence-electron chi connectivity index (χ4n) is 3.28. The number of carbonyl (C=O) groups excluding carboxylic acids is 1. The van der Waals surface area contributed by atoms with E-state index in [1.54, 1.807) is 0 Å². The van der Waals surface area contributed by atoms with E-state index in [4.69, 9.17) is 4.74 Å². The molecule has 4 rings (SSSR count). The average Bonchev–Trinajstić information content (AvgIpc) is 3.13. The predicted molar refractivity (Wildman–Crippen MR) is 118 cm³/mol. The largest absolute Gasteiger partial charge is 0.492 e. The highest BCUT2D eigenvalue weighted by Crippen LogP contribution is 2.20. The van der Waals surface area contributed by atoms with Crippen molar-refractivity contribution in [3.05, 3.63) is 82.8 Å². The van der Waals surface area contributed by atoms with E-state index in [-0.39, 0.29) is 24.4 Å². The summed E-state index contributed by atoms with van der Waals surface area (Å²) in [6, 6.07) is 19.8. The minimum atomic E-state index is -0.426. The Morgan fingerprint density at radius 2 is 1.77 bits per heavy atom. The van der Waals surface area contributed by atoms with E-state index >= 15 is 0 Å². The summed E-state index contributed by atoms with van der Waals surface area (Å²) in [4.78, 5) is 29.5. The zero-order chi connectivity index (χ0) is 21.6. The number of hydrogen-bond donors (Lipinski definition) is 1. The molecule has 0 aliphatic heterocycles. The van der Waals surface area contributed by atoms with Crippen molar-refractivity contribution in [2.45, 2.75) is 26.4 Å². The Morgan fingerprint density at radius 1 is 1.00 bits per heavy atom. The molecule has 0 bridgehead atoms. The van der Waals surface area contributed by atoms with Gasteiger partial charge in [0.1, 0.15) is 18.1 Å². The number of hydrogen-bond acceptors (Lipinski definition) is 5. The standard InChI is InChI=1S/C23H23N5O3/c1-2-14-27-20-11-7-6-10-18(20)24-23(27)25-22(30)19-12-13-21(29)28(26-19)15-16-31-17-8-4-3-5-9-17/h3-13H,2,14-16H2,1H3,(H,24,25,30). The zero-order valence-electron chi connectivity index (χ0n) is 17.2. The summed E-state index contributed by atoms with van der Waals surface area (Å²) in [6.07, 6.45) is 0.897. The summed E-state index contributed by atoms with van der Waals surface area (Å²) in [7, 11) is 0. The van der Waals surface area contributed by atoms with Crippen LogP contribution >= 0.6 is 0 Å². The summed E-state index contributed by atoms with van der Waals surface area (Å²) < 4.78 is 8.82. The molecular weight excluding hydrogens is 394 g/mol. The number of benzene rings is 2. The van der Waals surface area contributed by atoms with Gasteiger partial charge in [0, 0.05) is 12.6 Å². The van der Waals surface area contributed by atoms with Crippen molar-refractivity contribution in [2.24, 2.45) is 0 Å². The van der Waals surface area contributed by atoms with Gasteiger partial charge in [-0.2, -0.15) is 5.10 Å². The number of aryl methyl sites for hydroxylation is 1. The molecule has 0 aliphatic carbocycles. The molecule has 1 N–H and O–H groups in total. The van der Waals surface area contributed by atoms with Gasteiger partial charge in [0.25, 0.3) is 11.5 Å². The number of aromatic nitrogens is 4. The van der Waals surface area contributed by atoms with Gasteiger partial charge >= 0.3 is 0 Å². The molecule has 1 amide bonds. The van der Waals surface area contributed by atoms with Crippen LogP contribution in [0.5, 0.6) is 5.75 Å². The summed E-state index contributed by atoms with van der Waals surface area (Å²) in [5.41, 5.74) is 1.60. The second kappa shape index (κ2) is 9.25. The lowest BCUT2D eigenvalue weighted by Gasteiger charge is -2.10. The van der Waals surface area contributed by atoms with Gasteiger partial charge in [-0.25, -0.2) is 9.67 Å². The first-order valence-corrected chi connectivity index (χ1v) is 10.2. The normalized spacial score (nSPS) is 10.9. The summed E-state index contributed by atoms with van der Waals surface area (Å²) >= 11 is 0. The molecule has 0 aliphatic rings. The highest BCUT2D eigenvalue weighted by molar-refractivity contribution is 6.02. The second-order valence-corrected chi connectivity index (χ2v) is 6.97.